The molecule has 0 saturated heterocycles. The van der Waals surface area contributed by atoms with Gasteiger partial charge in [-0.05, 0) is 48.4 Å². The molecule has 0 fully saturated rings. The highest BCUT2D eigenvalue weighted by atomic mass is 16.5. The lowest BCUT2D eigenvalue weighted by Gasteiger charge is -2.06. The zero-order chi connectivity index (χ0) is 17.6. The summed E-state index contributed by atoms with van der Waals surface area (Å²) in [7, 11) is 1.56. The number of ether oxygens (including phenoxy) is 1. The van der Waals surface area contributed by atoms with Crippen molar-refractivity contribution in [2.24, 2.45) is 0 Å². The van der Waals surface area contributed by atoms with Crippen LogP contribution in [0.2, 0.25) is 0 Å². The van der Waals surface area contributed by atoms with Gasteiger partial charge < -0.3 is 13.6 Å². The summed E-state index contributed by atoms with van der Waals surface area (Å²) >= 11 is 0. The minimum atomic E-state index is -0.435. The molecule has 25 heavy (non-hydrogen) atoms. The Labute approximate surface area is 142 Å². The SMILES string of the molecule is COc1ccc2cc(-c3ccc4oc(=O)cc(C)c4c3)c(=O)oc2c1. The Kier molecular flexibility index (Phi) is 3.42. The van der Waals surface area contributed by atoms with E-state index in [9.17, 15) is 9.59 Å². The summed E-state index contributed by atoms with van der Waals surface area (Å²) in [5.41, 5.74) is 2.08. The first-order valence-corrected chi connectivity index (χ1v) is 7.72. The quantitative estimate of drug-likeness (QED) is 0.520. The summed E-state index contributed by atoms with van der Waals surface area (Å²) in [4.78, 5) is 23.9. The Morgan fingerprint density at radius 2 is 1.72 bits per heavy atom. The molecule has 0 aliphatic carbocycles. The highest BCUT2D eigenvalue weighted by Gasteiger charge is 2.11. The van der Waals surface area contributed by atoms with Gasteiger partial charge in [0.1, 0.15) is 16.9 Å². The van der Waals surface area contributed by atoms with E-state index in [-0.39, 0.29) is 0 Å². The highest BCUT2D eigenvalue weighted by Crippen LogP contribution is 2.27. The van der Waals surface area contributed by atoms with E-state index in [4.69, 9.17) is 13.6 Å². The summed E-state index contributed by atoms with van der Waals surface area (Å²) in [5, 5.41) is 1.58. The molecule has 124 valence electrons. The molecule has 2 heterocycles. The molecule has 0 radical (unpaired) electrons. The van der Waals surface area contributed by atoms with Gasteiger partial charge in [-0.2, -0.15) is 0 Å². The molecule has 0 unspecified atom stereocenters. The molecule has 5 nitrogen and oxygen atoms in total. The second-order valence-electron chi connectivity index (χ2n) is 5.81. The van der Waals surface area contributed by atoms with E-state index >= 15 is 0 Å². The molecule has 0 amide bonds. The first-order valence-electron chi connectivity index (χ1n) is 7.72. The molecule has 0 saturated carbocycles. The standard InChI is InChI=1S/C20H14O5/c1-11-7-19(21)24-17-6-4-12(8-15(11)17)16-9-13-3-5-14(23-2)10-18(13)25-20(16)22/h3-10H,1-2H3. The summed E-state index contributed by atoms with van der Waals surface area (Å²) in [5.74, 6) is 0.625. The Balaban J connectivity index is 1.94. The van der Waals surface area contributed by atoms with Crippen LogP contribution in [0.25, 0.3) is 33.1 Å². The van der Waals surface area contributed by atoms with Gasteiger partial charge >= 0.3 is 11.3 Å². The molecule has 2 aromatic carbocycles. The summed E-state index contributed by atoms with van der Waals surface area (Å²) in [6, 6.07) is 13.8. The van der Waals surface area contributed by atoms with Crippen LogP contribution in [-0.4, -0.2) is 7.11 Å². The van der Waals surface area contributed by atoms with Crippen molar-refractivity contribution in [3.8, 4) is 16.9 Å². The largest absolute Gasteiger partial charge is 0.497 e. The highest BCUT2D eigenvalue weighted by molar-refractivity contribution is 5.88. The lowest BCUT2D eigenvalue weighted by Crippen LogP contribution is -2.03. The van der Waals surface area contributed by atoms with Crippen LogP contribution in [0.1, 0.15) is 5.56 Å². The van der Waals surface area contributed by atoms with Gasteiger partial charge in [0.2, 0.25) is 0 Å². The maximum absolute atomic E-state index is 12.4. The first kappa shape index (κ1) is 15.2. The third kappa shape index (κ3) is 2.59. The van der Waals surface area contributed by atoms with Crippen molar-refractivity contribution < 1.29 is 13.6 Å². The second kappa shape index (κ2) is 5.63. The van der Waals surface area contributed by atoms with E-state index < -0.39 is 11.3 Å². The second-order valence-corrected chi connectivity index (χ2v) is 5.81. The number of methoxy groups -OCH3 is 1. The number of hydrogen-bond acceptors (Lipinski definition) is 5. The number of fused-ring (bicyclic) bond motifs is 2. The van der Waals surface area contributed by atoms with Crippen LogP contribution >= 0.6 is 0 Å². The fraction of sp³-hybridized carbons (Fsp3) is 0.100. The van der Waals surface area contributed by atoms with Gasteiger partial charge in [-0.1, -0.05) is 6.07 Å². The Morgan fingerprint density at radius 3 is 2.52 bits per heavy atom. The van der Waals surface area contributed by atoms with Crippen molar-refractivity contribution in [2.75, 3.05) is 7.11 Å². The first-order chi connectivity index (χ1) is 12.0. The number of rotatable bonds is 2. The predicted octanol–water partition coefficient (Wildman–Crippen LogP) is 3.88. The van der Waals surface area contributed by atoms with Gasteiger partial charge in [-0.15, -0.1) is 0 Å². The van der Waals surface area contributed by atoms with Crippen LogP contribution < -0.4 is 16.0 Å². The molecule has 0 aliphatic rings. The van der Waals surface area contributed by atoms with Crippen molar-refractivity contribution in [3.05, 3.63) is 74.9 Å². The lowest BCUT2D eigenvalue weighted by atomic mass is 10.0. The van der Waals surface area contributed by atoms with Crippen LogP contribution in [0.3, 0.4) is 0 Å². The maximum atomic E-state index is 12.4. The molecule has 4 rings (SSSR count). The van der Waals surface area contributed by atoms with E-state index in [0.717, 1.165) is 16.3 Å². The number of aryl methyl sites for hydroxylation is 1. The third-order valence-electron chi connectivity index (χ3n) is 4.20. The molecule has 4 aromatic rings. The van der Waals surface area contributed by atoms with Gasteiger partial charge in [0.15, 0.2) is 0 Å². The minimum Gasteiger partial charge on any atom is -0.497 e. The van der Waals surface area contributed by atoms with Crippen LogP contribution in [0.15, 0.2) is 67.0 Å². The van der Waals surface area contributed by atoms with Crippen molar-refractivity contribution in [2.45, 2.75) is 6.92 Å². The molecule has 0 atom stereocenters. The monoisotopic (exact) mass is 334 g/mol. The van der Waals surface area contributed by atoms with Crippen molar-refractivity contribution in [1.29, 1.82) is 0 Å². The minimum absolute atomic E-state index is 0.392. The summed E-state index contributed by atoms with van der Waals surface area (Å²) in [6.45, 7) is 1.83. The van der Waals surface area contributed by atoms with Crippen molar-refractivity contribution >= 4 is 21.9 Å². The van der Waals surface area contributed by atoms with Crippen molar-refractivity contribution in [3.63, 3.8) is 0 Å². The van der Waals surface area contributed by atoms with Crippen LogP contribution in [0.5, 0.6) is 5.75 Å². The molecular formula is C20H14O5. The average Bonchev–Trinajstić information content (AvgIpc) is 2.60. The Bertz CT molecular complexity index is 1230. The molecular weight excluding hydrogens is 320 g/mol. The Hall–Kier alpha value is -3.34. The Morgan fingerprint density at radius 1 is 0.880 bits per heavy atom. The van der Waals surface area contributed by atoms with Crippen LogP contribution in [0.4, 0.5) is 0 Å². The lowest BCUT2D eigenvalue weighted by molar-refractivity contribution is 0.414. The molecule has 0 N–H and O–H groups in total. The van der Waals surface area contributed by atoms with Crippen LogP contribution in [-0.2, 0) is 0 Å². The zero-order valence-corrected chi connectivity index (χ0v) is 13.7. The van der Waals surface area contributed by atoms with Crippen LogP contribution in [0, 0.1) is 6.92 Å². The summed E-state index contributed by atoms with van der Waals surface area (Å²) in [6.07, 6.45) is 0. The molecule has 2 aromatic heterocycles. The van der Waals surface area contributed by atoms with Gasteiger partial charge in [0.25, 0.3) is 0 Å². The van der Waals surface area contributed by atoms with E-state index in [1.165, 1.54) is 6.07 Å². The molecule has 0 bridgehead atoms. The molecule has 0 spiro atoms. The molecule has 0 aliphatic heterocycles. The van der Waals surface area contributed by atoms with E-state index in [2.05, 4.69) is 0 Å². The predicted molar refractivity (Wildman–Crippen MR) is 95.3 cm³/mol. The third-order valence-corrected chi connectivity index (χ3v) is 4.20. The van der Waals surface area contributed by atoms with E-state index in [0.29, 0.717) is 28.0 Å². The zero-order valence-electron chi connectivity index (χ0n) is 13.7. The van der Waals surface area contributed by atoms with Gasteiger partial charge in [-0.3, -0.25) is 0 Å². The topological polar surface area (TPSA) is 69.7 Å². The summed E-state index contributed by atoms with van der Waals surface area (Å²) < 4.78 is 15.8. The normalized spacial score (nSPS) is 11.1. The average molecular weight is 334 g/mol. The smallest absolute Gasteiger partial charge is 0.344 e. The number of benzene rings is 2. The van der Waals surface area contributed by atoms with E-state index in [1.54, 1.807) is 31.4 Å². The van der Waals surface area contributed by atoms with Gasteiger partial charge in [0, 0.05) is 22.9 Å². The number of hydrogen-bond donors (Lipinski definition) is 0. The van der Waals surface area contributed by atoms with E-state index in [1.807, 2.05) is 25.1 Å². The maximum Gasteiger partial charge on any atom is 0.344 e. The fourth-order valence-electron chi connectivity index (χ4n) is 2.91. The molecule has 5 heteroatoms. The fourth-order valence-corrected chi connectivity index (χ4v) is 2.91. The van der Waals surface area contributed by atoms with Gasteiger partial charge in [0.05, 0.1) is 12.7 Å². The van der Waals surface area contributed by atoms with Crippen molar-refractivity contribution in [1.82, 2.24) is 0 Å². The van der Waals surface area contributed by atoms with Gasteiger partial charge in [-0.25, -0.2) is 9.59 Å².